The van der Waals surface area contributed by atoms with E-state index in [-0.39, 0.29) is 11.9 Å². The smallest absolute Gasteiger partial charge is 0.273 e. The second-order valence-corrected chi connectivity index (χ2v) is 8.29. The van der Waals surface area contributed by atoms with Crippen molar-refractivity contribution in [3.8, 4) is 11.3 Å². The number of imidazole rings is 1. The molecule has 1 atom stereocenters. The third kappa shape index (κ3) is 3.62. The summed E-state index contributed by atoms with van der Waals surface area (Å²) in [5.41, 5.74) is 3.88. The Morgan fingerprint density at radius 3 is 2.58 bits per heavy atom. The fraction of sp³-hybridized carbons (Fsp3) is 0.174. The fourth-order valence-electron chi connectivity index (χ4n) is 4.12. The monoisotopic (exact) mass is 451 g/mol. The van der Waals surface area contributed by atoms with Gasteiger partial charge >= 0.3 is 0 Å². The zero-order valence-corrected chi connectivity index (χ0v) is 18.0. The predicted molar refractivity (Wildman–Crippen MR) is 120 cm³/mol. The molecular formula is C23H19Cl2N5O. The molecule has 156 valence electrons. The van der Waals surface area contributed by atoms with Crippen LogP contribution in [0.4, 0.5) is 0 Å². The third-order valence-electron chi connectivity index (χ3n) is 5.56. The van der Waals surface area contributed by atoms with Gasteiger partial charge in [-0.05, 0) is 30.2 Å². The molecule has 1 unspecified atom stereocenters. The van der Waals surface area contributed by atoms with Crippen molar-refractivity contribution in [1.29, 1.82) is 0 Å². The average molecular weight is 452 g/mol. The summed E-state index contributed by atoms with van der Waals surface area (Å²) in [6.45, 7) is 1.35. The highest BCUT2D eigenvalue weighted by Gasteiger charge is 2.42. The topological polar surface area (TPSA) is 66.8 Å². The predicted octanol–water partition coefficient (Wildman–Crippen LogP) is 5.22. The Balaban J connectivity index is 1.55. The maximum atomic E-state index is 13.4. The van der Waals surface area contributed by atoms with Crippen molar-refractivity contribution >= 4 is 29.1 Å². The van der Waals surface area contributed by atoms with Crippen molar-refractivity contribution in [2.75, 3.05) is 6.54 Å². The SMILES string of the molecule is O=C1c2[nH]nc(-c3ccc(Cl)cc3)c2C(c2ccccc2Cl)N1CCCn1ccnc1. The first kappa shape index (κ1) is 19.8. The van der Waals surface area contributed by atoms with Crippen LogP contribution >= 0.6 is 23.2 Å². The molecule has 1 aliphatic heterocycles. The van der Waals surface area contributed by atoms with Gasteiger partial charge in [0.25, 0.3) is 5.91 Å². The molecule has 0 aliphatic carbocycles. The molecule has 0 fully saturated rings. The molecular weight excluding hydrogens is 433 g/mol. The standard InChI is InChI=1S/C23H19Cl2N5O/c24-16-8-6-15(7-9-16)20-19-21(28-27-20)23(31)30(12-3-11-29-13-10-26-14-29)22(19)17-4-1-2-5-18(17)25/h1-2,4-10,13-14,22H,3,11-12H2,(H,27,28). The van der Waals surface area contributed by atoms with E-state index in [2.05, 4.69) is 15.2 Å². The van der Waals surface area contributed by atoms with Gasteiger partial charge in [-0.3, -0.25) is 9.89 Å². The van der Waals surface area contributed by atoms with Gasteiger partial charge in [-0.25, -0.2) is 4.98 Å². The summed E-state index contributed by atoms with van der Waals surface area (Å²) in [5.74, 6) is -0.0711. The van der Waals surface area contributed by atoms with Gasteiger partial charge in [0, 0.05) is 46.7 Å². The number of H-pyrrole nitrogens is 1. The zero-order valence-electron chi connectivity index (χ0n) is 16.5. The molecule has 3 heterocycles. The maximum Gasteiger partial charge on any atom is 0.273 e. The number of fused-ring (bicyclic) bond motifs is 1. The van der Waals surface area contributed by atoms with Crippen molar-refractivity contribution in [3.05, 3.63) is 94.1 Å². The largest absolute Gasteiger partial charge is 0.337 e. The summed E-state index contributed by atoms with van der Waals surface area (Å²) >= 11 is 12.7. The zero-order chi connectivity index (χ0) is 21.4. The molecule has 5 rings (SSSR count). The Hall–Kier alpha value is -3.09. The molecule has 2 aromatic carbocycles. The highest BCUT2D eigenvalue weighted by molar-refractivity contribution is 6.31. The molecule has 4 aromatic rings. The highest BCUT2D eigenvalue weighted by Crippen LogP contribution is 2.44. The quantitative estimate of drug-likeness (QED) is 0.437. The summed E-state index contributed by atoms with van der Waals surface area (Å²) in [6, 6.07) is 14.8. The van der Waals surface area contributed by atoms with E-state index in [4.69, 9.17) is 23.2 Å². The molecule has 0 bridgehead atoms. The number of hydrogen-bond donors (Lipinski definition) is 1. The molecule has 8 heteroatoms. The van der Waals surface area contributed by atoms with Gasteiger partial charge in [-0.1, -0.05) is 53.5 Å². The lowest BCUT2D eigenvalue weighted by atomic mass is 9.96. The van der Waals surface area contributed by atoms with Crippen molar-refractivity contribution in [1.82, 2.24) is 24.6 Å². The van der Waals surface area contributed by atoms with E-state index < -0.39 is 0 Å². The molecule has 31 heavy (non-hydrogen) atoms. The van der Waals surface area contributed by atoms with Crippen LogP contribution in [-0.2, 0) is 6.54 Å². The van der Waals surface area contributed by atoms with Crippen molar-refractivity contribution < 1.29 is 4.79 Å². The Morgan fingerprint density at radius 2 is 1.84 bits per heavy atom. The van der Waals surface area contributed by atoms with Crippen molar-refractivity contribution in [2.45, 2.75) is 19.0 Å². The molecule has 1 N–H and O–H groups in total. The normalized spacial score (nSPS) is 15.5. The number of carbonyl (C=O) groups excluding carboxylic acids is 1. The summed E-state index contributed by atoms with van der Waals surface area (Å²) in [5, 5.41) is 8.72. The summed E-state index contributed by atoms with van der Waals surface area (Å²) < 4.78 is 2.00. The molecule has 0 saturated carbocycles. The minimum absolute atomic E-state index is 0.0711. The number of benzene rings is 2. The summed E-state index contributed by atoms with van der Waals surface area (Å²) in [4.78, 5) is 19.3. The van der Waals surface area contributed by atoms with E-state index in [1.807, 2.05) is 64.2 Å². The maximum absolute atomic E-state index is 13.4. The number of aryl methyl sites for hydroxylation is 1. The van der Waals surface area contributed by atoms with E-state index in [1.165, 1.54) is 0 Å². The first-order valence-corrected chi connectivity index (χ1v) is 10.7. The van der Waals surface area contributed by atoms with Crippen molar-refractivity contribution in [3.63, 3.8) is 0 Å². The number of carbonyl (C=O) groups is 1. The van der Waals surface area contributed by atoms with E-state index in [1.54, 1.807) is 12.5 Å². The molecule has 1 amide bonds. The van der Waals surface area contributed by atoms with Gasteiger partial charge in [-0.15, -0.1) is 0 Å². The van der Waals surface area contributed by atoms with Crippen LogP contribution in [0, 0.1) is 0 Å². The van der Waals surface area contributed by atoms with Gasteiger partial charge in [0.15, 0.2) is 0 Å². The van der Waals surface area contributed by atoms with Crippen LogP contribution in [0.5, 0.6) is 0 Å². The van der Waals surface area contributed by atoms with Crippen LogP contribution in [0.3, 0.4) is 0 Å². The van der Waals surface area contributed by atoms with Crippen LogP contribution in [0.1, 0.15) is 34.1 Å². The molecule has 0 spiro atoms. The average Bonchev–Trinajstić information content (AvgIpc) is 3.49. The second kappa shape index (κ2) is 8.21. The lowest BCUT2D eigenvalue weighted by Gasteiger charge is -2.27. The van der Waals surface area contributed by atoms with Crippen molar-refractivity contribution in [2.24, 2.45) is 0 Å². The number of amides is 1. The van der Waals surface area contributed by atoms with Gasteiger partial charge in [0.2, 0.25) is 0 Å². The fourth-order valence-corrected chi connectivity index (χ4v) is 4.48. The van der Waals surface area contributed by atoms with Crippen LogP contribution in [0.15, 0.2) is 67.3 Å². The lowest BCUT2D eigenvalue weighted by Crippen LogP contribution is -2.31. The first-order chi connectivity index (χ1) is 15.1. The molecule has 6 nitrogen and oxygen atoms in total. The van der Waals surface area contributed by atoms with E-state index in [0.717, 1.165) is 35.3 Å². The Labute approximate surface area is 189 Å². The highest BCUT2D eigenvalue weighted by atomic mass is 35.5. The third-order valence-corrected chi connectivity index (χ3v) is 6.15. The van der Waals surface area contributed by atoms with E-state index in [9.17, 15) is 4.79 Å². The van der Waals surface area contributed by atoms with Gasteiger partial charge < -0.3 is 9.47 Å². The summed E-state index contributed by atoms with van der Waals surface area (Å²) in [6.07, 6.45) is 6.24. The van der Waals surface area contributed by atoms with Crippen LogP contribution in [-0.4, -0.2) is 37.1 Å². The number of hydrogen-bond acceptors (Lipinski definition) is 3. The number of aromatic amines is 1. The number of rotatable bonds is 6. The second-order valence-electron chi connectivity index (χ2n) is 7.44. The van der Waals surface area contributed by atoms with E-state index >= 15 is 0 Å². The van der Waals surface area contributed by atoms with E-state index in [0.29, 0.717) is 22.3 Å². The minimum Gasteiger partial charge on any atom is -0.337 e. The van der Waals surface area contributed by atoms with Crippen LogP contribution < -0.4 is 0 Å². The Bertz CT molecular complexity index is 1220. The molecule has 2 aromatic heterocycles. The minimum atomic E-state index is -0.316. The number of nitrogens with zero attached hydrogens (tertiary/aromatic N) is 4. The van der Waals surface area contributed by atoms with Gasteiger partial charge in [0.1, 0.15) is 5.69 Å². The number of halogens is 2. The Morgan fingerprint density at radius 1 is 1.03 bits per heavy atom. The first-order valence-electron chi connectivity index (χ1n) is 9.99. The number of nitrogens with one attached hydrogen (secondary N) is 1. The number of aromatic nitrogens is 4. The molecule has 0 radical (unpaired) electrons. The van der Waals surface area contributed by atoms with Crippen LogP contribution in [0.25, 0.3) is 11.3 Å². The van der Waals surface area contributed by atoms with Crippen LogP contribution in [0.2, 0.25) is 10.0 Å². The lowest BCUT2D eigenvalue weighted by molar-refractivity contribution is 0.0739. The van der Waals surface area contributed by atoms with Gasteiger partial charge in [-0.2, -0.15) is 5.10 Å². The van der Waals surface area contributed by atoms with Gasteiger partial charge in [0.05, 0.1) is 18.1 Å². The molecule has 0 saturated heterocycles. The molecule has 1 aliphatic rings. The Kier molecular flexibility index (Phi) is 5.26. The summed E-state index contributed by atoms with van der Waals surface area (Å²) in [7, 11) is 0.